The van der Waals surface area contributed by atoms with Gasteiger partial charge in [0.05, 0.1) is 0 Å². The van der Waals surface area contributed by atoms with E-state index in [9.17, 15) is 9.50 Å². The molecule has 0 aliphatic heterocycles. The van der Waals surface area contributed by atoms with Gasteiger partial charge in [-0.15, -0.1) is 0 Å². The maximum Gasteiger partial charge on any atom is 0.169 e. The van der Waals surface area contributed by atoms with Crippen molar-refractivity contribution in [3.05, 3.63) is 54.5 Å². The van der Waals surface area contributed by atoms with Crippen LogP contribution in [-0.4, -0.2) is 14.7 Å². The van der Waals surface area contributed by atoms with Crippen molar-refractivity contribution in [2.24, 2.45) is 0 Å². The van der Waals surface area contributed by atoms with Gasteiger partial charge in [-0.1, -0.05) is 6.07 Å². The van der Waals surface area contributed by atoms with Gasteiger partial charge in [0.25, 0.3) is 0 Å². The summed E-state index contributed by atoms with van der Waals surface area (Å²) in [5, 5.41) is 14.3. The van der Waals surface area contributed by atoms with E-state index in [1.165, 1.54) is 12.1 Å². The number of fused-ring (bicyclic) bond motifs is 1. The molecule has 0 aliphatic rings. The lowest BCUT2D eigenvalue weighted by atomic mass is 10.1. The minimum Gasteiger partial charge on any atom is -0.504 e. The first-order valence-electron chi connectivity index (χ1n) is 5.18. The molecule has 0 amide bonds. The van der Waals surface area contributed by atoms with Crippen LogP contribution in [0.2, 0.25) is 0 Å². The molecule has 1 N–H and O–H groups in total. The number of aromatic hydroxyl groups is 1. The Labute approximate surface area is 96.8 Å². The zero-order valence-electron chi connectivity index (χ0n) is 8.84. The van der Waals surface area contributed by atoms with E-state index in [1.807, 2.05) is 12.1 Å². The van der Waals surface area contributed by atoms with Gasteiger partial charge in [-0.25, -0.2) is 8.91 Å². The number of rotatable bonds is 1. The van der Waals surface area contributed by atoms with E-state index in [4.69, 9.17) is 0 Å². The molecule has 0 spiro atoms. The van der Waals surface area contributed by atoms with Crippen LogP contribution >= 0.6 is 0 Å². The molecule has 0 saturated carbocycles. The van der Waals surface area contributed by atoms with E-state index in [0.29, 0.717) is 16.8 Å². The quantitative estimate of drug-likeness (QED) is 0.695. The highest BCUT2D eigenvalue weighted by Crippen LogP contribution is 2.31. The molecule has 3 aromatic rings. The Bertz CT molecular complexity index is 673. The van der Waals surface area contributed by atoms with Crippen molar-refractivity contribution in [2.45, 2.75) is 0 Å². The molecule has 0 fully saturated rings. The Hall–Kier alpha value is -2.36. The normalized spacial score (nSPS) is 10.9. The van der Waals surface area contributed by atoms with Crippen molar-refractivity contribution in [1.82, 2.24) is 9.61 Å². The average molecular weight is 228 g/mol. The third-order valence-electron chi connectivity index (χ3n) is 2.63. The number of pyridine rings is 1. The van der Waals surface area contributed by atoms with Crippen molar-refractivity contribution in [2.75, 3.05) is 0 Å². The van der Waals surface area contributed by atoms with Crippen molar-refractivity contribution >= 4 is 5.52 Å². The average Bonchev–Trinajstić information content (AvgIpc) is 2.69. The zero-order chi connectivity index (χ0) is 11.8. The molecule has 0 unspecified atom stereocenters. The highest BCUT2D eigenvalue weighted by Gasteiger charge is 2.12. The van der Waals surface area contributed by atoms with Crippen LogP contribution < -0.4 is 0 Å². The van der Waals surface area contributed by atoms with E-state index in [1.54, 1.807) is 28.9 Å². The maximum absolute atomic E-state index is 12.8. The molecule has 0 saturated heterocycles. The zero-order valence-corrected chi connectivity index (χ0v) is 8.84. The smallest absolute Gasteiger partial charge is 0.169 e. The summed E-state index contributed by atoms with van der Waals surface area (Å²) in [6, 6.07) is 11.3. The molecule has 3 nitrogen and oxygen atoms in total. The molecule has 17 heavy (non-hydrogen) atoms. The molecule has 3 rings (SSSR count). The van der Waals surface area contributed by atoms with E-state index in [2.05, 4.69) is 5.10 Å². The highest BCUT2D eigenvalue weighted by atomic mass is 19.1. The monoisotopic (exact) mass is 228 g/mol. The van der Waals surface area contributed by atoms with E-state index in [-0.39, 0.29) is 11.6 Å². The second-order valence-electron chi connectivity index (χ2n) is 3.73. The predicted molar refractivity (Wildman–Crippen MR) is 62.3 cm³/mol. The molecule has 2 heterocycles. The number of hydrogen-bond donors (Lipinski definition) is 1. The van der Waals surface area contributed by atoms with Crippen LogP contribution in [0.4, 0.5) is 4.39 Å². The van der Waals surface area contributed by atoms with Crippen LogP contribution in [-0.2, 0) is 0 Å². The van der Waals surface area contributed by atoms with E-state index < -0.39 is 0 Å². The van der Waals surface area contributed by atoms with Crippen LogP contribution in [0.1, 0.15) is 0 Å². The Kier molecular flexibility index (Phi) is 2.08. The molecular weight excluding hydrogens is 219 g/mol. The van der Waals surface area contributed by atoms with Crippen molar-refractivity contribution in [3.63, 3.8) is 0 Å². The second-order valence-corrected chi connectivity index (χ2v) is 3.73. The number of hydrogen-bond acceptors (Lipinski definition) is 2. The van der Waals surface area contributed by atoms with Gasteiger partial charge in [0.1, 0.15) is 17.0 Å². The molecule has 0 bridgehead atoms. The minimum absolute atomic E-state index is 0.109. The van der Waals surface area contributed by atoms with Gasteiger partial charge >= 0.3 is 0 Å². The van der Waals surface area contributed by atoms with Crippen LogP contribution in [0.3, 0.4) is 0 Å². The van der Waals surface area contributed by atoms with Gasteiger partial charge in [0.2, 0.25) is 0 Å². The fraction of sp³-hybridized carbons (Fsp3) is 0. The lowest BCUT2D eigenvalue weighted by Gasteiger charge is -1.96. The Morgan fingerprint density at radius 3 is 2.53 bits per heavy atom. The standard InChI is InChI=1S/C13H9FN2O/c14-10-6-4-9(5-7-10)12-13(17)11-3-1-2-8-16(11)15-12/h1-8,17H. The first kappa shape index (κ1) is 9.84. The van der Waals surface area contributed by atoms with Crippen molar-refractivity contribution < 1.29 is 9.50 Å². The van der Waals surface area contributed by atoms with Crippen LogP contribution in [0.5, 0.6) is 5.75 Å². The lowest BCUT2D eigenvalue weighted by molar-refractivity contribution is 0.483. The van der Waals surface area contributed by atoms with E-state index >= 15 is 0 Å². The molecule has 2 aromatic heterocycles. The second kappa shape index (κ2) is 3.59. The van der Waals surface area contributed by atoms with Gasteiger partial charge in [-0.2, -0.15) is 5.10 Å². The van der Waals surface area contributed by atoms with Gasteiger partial charge in [-0.3, -0.25) is 0 Å². The molecular formula is C13H9FN2O. The third kappa shape index (κ3) is 1.54. The van der Waals surface area contributed by atoms with Crippen LogP contribution in [0, 0.1) is 5.82 Å². The topological polar surface area (TPSA) is 37.5 Å². The van der Waals surface area contributed by atoms with Crippen molar-refractivity contribution in [1.29, 1.82) is 0 Å². The SMILES string of the molecule is Oc1c(-c2ccc(F)cc2)nn2ccccc12. The van der Waals surface area contributed by atoms with E-state index in [0.717, 1.165) is 0 Å². The Morgan fingerprint density at radius 1 is 1.06 bits per heavy atom. The fourth-order valence-electron chi connectivity index (χ4n) is 1.79. The number of aromatic nitrogens is 2. The summed E-state index contributed by atoms with van der Waals surface area (Å²) in [5.41, 5.74) is 1.77. The summed E-state index contributed by atoms with van der Waals surface area (Å²) in [5.74, 6) is -0.200. The summed E-state index contributed by atoms with van der Waals surface area (Å²) in [6.07, 6.45) is 1.75. The maximum atomic E-state index is 12.8. The molecule has 0 aliphatic carbocycles. The summed E-state index contributed by atoms with van der Waals surface area (Å²) >= 11 is 0. The summed E-state index contributed by atoms with van der Waals surface area (Å²) in [6.45, 7) is 0. The molecule has 84 valence electrons. The summed E-state index contributed by atoms with van der Waals surface area (Å²) < 4.78 is 14.4. The Balaban J connectivity index is 2.24. The number of benzene rings is 1. The molecule has 0 atom stereocenters. The minimum atomic E-state index is -0.308. The largest absolute Gasteiger partial charge is 0.504 e. The molecule has 0 radical (unpaired) electrons. The third-order valence-corrected chi connectivity index (χ3v) is 2.63. The summed E-state index contributed by atoms with van der Waals surface area (Å²) in [4.78, 5) is 0. The van der Waals surface area contributed by atoms with Gasteiger partial charge < -0.3 is 5.11 Å². The number of nitrogens with zero attached hydrogens (tertiary/aromatic N) is 2. The molecule has 1 aromatic carbocycles. The van der Waals surface area contributed by atoms with Crippen LogP contribution in [0.15, 0.2) is 48.7 Å². The first-order valence-corrected chi connectivity index (χ1v) is 5.18. The van der Waals surface area contributed by atoms with Crippen molar-refractivity contribution in [3.8, 4) is 17.0 Å². The van der Waals surface area contributed by atoms with Gasteiger partial charge in [0, 0.05) is 11.8 Å². The molecule has 4 heteroatoms. The van der Waals surface area contributed by atoms with Gasteiger partial charge in [-0.05, 0) is 36.4 Å². The summed E-state index contributed by atoms with van der Waals surface area (Å²) in [7, 11) is 0. The predicted octanol–water partition coefficient (Wildman–Crippen LogP) is 2.85. The van der Waals surface area contributed by atoms with Gasteiger partial charge in [0.15, 0.2) is 5.75 Å². The Morgan fingerprint density at radius 2 is 1.82 bits per heavy atom. The lowest BCUT2D eigenvalue weighted by Crippen LogP contribution is -1.85. The highest BCUT2D eigenvalue weighted by molar-refractivity contribution is 5.76. The number of halogens is 1. The fourth-order valence-corrected chi connectivity index (χ4v) is 1.79. The first-order chi connectivity index (χ1) is 8.25. The van der Waals surface area contributed by atoms with Crippen LogP contribution in [0.25, 0.3) is 16.8 Å².